The Morgan fingerprint density at radius 1 is 1.16 bits per heavy atom. The third-order valence-corrected chi connectivity index (χ3v) is 5.28. The van der Waals surface area contributed by atoms with Crippen LogP contribution in [0, 0.1) is 5.92 Å². The van der Waals surface area contributed by atoms with Gasteiger partial charge in [0.15, 0.2) is 5.83 Å². The van der Waals surface area contributed by atoms with Gasteiger partial charge >= 0.3 is 0 Å². The van der Waals surface area contributed by atoms with Crippen LogP contribution < -0.4 is 5.32 Å². The van der Waals surface area contributed by atoms with E-state index in [1.54, 1.807) is 4.90 Å². The maximum atomic E-state index is 14.2. The Morgan fingerprint density at radius 3 is 2.40 bits per heavy atom. The molecular formula is C19H32FN3O2. The summed E-state index contributed by atoms with van der Waals surface area (Å²) in [4.78, 5) is 27.8. The van der Waals surface area contributed by atoms with Crippen LogP contribution in [-0.2, 0) is 9.59 Å². The average molecular weight is 353 g/mol. The molecule has 0 bridgehead atoms. The molecule has 1 unspecified atom stereocenters. The lowest BCUT2D eigenvalue weighted by molar-refractivity contribution is -0.131. The van der Waals surface area contributed by atoms with Gasteiger partial charge in [0, 0.05) is 32.2 Å². The van der Waals surface area contributed by atoms with E-state index in [0.29, 0.717) is 32.7 Å². The smallest absolute Gasteiger partial charge is 0.282 e. The van der Waals surface area contributed by atoms with E-state index in [4.69, 9.17) is 0 Å². The van der Waals surface area contributed by atoms with Gasteiger partial charge in [0.05, 0.1) is 6.54 Å². The first-order valence-electron chi connectivity index (χ1n) is 9.68. The number of hydrogen-bond donors (Lipinski definition) is 1. The first kappa shape index (κ1) is 19.9. The minimum atomic E-state index is -0.602. The van der Waals surface area contributed by atoms with E-state index in [0.717, 1.165) is 32.1 Å². The van der Waals surface area contributed by atoms with E-state index in [-0.39, 0.29) is 17.9 Å². The molecule has 1 heterocycles. The second kappa shape index (κ2) is 9.90. The molecule has 2 fully saturated rings. The Hall–Kier alpha value is -1.43. The summed E-state index contributed by atoms with van der Waals surface area (Å²) < 4.78 is 14.2. The van der Waals surface area contributed by atoms with Crippen LogP contribution in [0.3, 0.4) is 0 Å². The Labute approximate surface area is 150 Å². The van der Waals surface area contributed by atoms with E-state index >= 15 is 0 Å². The van der Waals surface area contributed by atoms with Gasteiger partial charge < -0.3 is 10.2 Å². The van der Waals surface area contributed by atoms with Crippen molar-refractivity contribution in [1.82, 2.24) is 15.1 Å². The molecule has 0 aromatic heterocycles. The molecule has 6 heteroatoms. The molecule has 1 N–H and O–H groups in total. The minimum absolute atomic E-state index is 0.0116. The lowest BCUT2D eigenvalue weighted by Gasteiger charge is -2.34. The summed E-state index contributed by atoms with van der Waals surface area (Å²) in [7, 11) is 0. The van der Waals surface area contributed by atoms with Crippen molar-refractivity contribution >= 4 is 11.8 Å². The summed E-state index contributed by atoms with van der Waals surface area (Å²) in [6.45, 7) is 6.52. The van der Waals surface area contributed by atoms with Gasteiger partial charge in [-0.1, -0.05) is 26.2 Å². The molecule has 2 aliphatic rings. The second-order valence-corrected chi connectivity index (χ2v) is 7.36. The first-order valence-corrected chi connectivity index (χ1v) is 9.68. The van der Waals surface area contributed by atoms with Crippen molar-refractivity contribution < 1.29 is 14.0 Å². The summed E-state index contributed by atoms with van der Waals surface area (Å²) in [5, 5.41) is 2.94. The molecule has 1 atom stereocenters. The van der Waals surface area contributed by atoms with E-state index < -0.39 is 11.7 Å². The summed E-state index contributed by atoms with van der Waals surface area (Å²) >= 11 is 0. The molecule has 1 aliphatic carbocycles. The summed E-state index contributed by atoms with van der Waals surface area (Å²) in [5.41, 5.74) is 0. The summed E-state index contributed by atoms with van der Waals surface area (Å²) in [6, 6.07) is 0.175. The number of halogens is 1. The van der Waals surface area contributed by atoms with Gasteiger partial charge in [0.1, 0.15) is 0 Å². The zero-order chi connectivity index (χ0) is 18.2. The Morgan fingerprint density at radius 2 is 1.80 bits per heavy atom. The Kier molecular flexibility index (Phi) is 7.88. The largest absolute Gasteiger partial charge is 0.353 e. The van der Waals surface area contributed by atoms with Crippen molar-refractivity contribution in [2.45, 2.75) is 58.4 Å². The minimum Gasteiger partial charge on any atom is -0.353 e. The highest BCUT2D eigenvalue weighted by molar-refractivity contribution is 5.91. The van der Waals surface area contributed by atoms with Crippen molar-refractivity contribution in [3.63, 3.8) is 0 Å². The molecule has 1 aliphatic heterocycles. The molecule has 1 saturated heterocycles. The SMILES string of the molecule is CCC(C)NC(=O)CN1CCN(C(=O)C(F)=CC2CCCCC2)CC1. The summed E-state index contributed by atoms with van der Waals surface area (Å²) in [6.07, 6.45) is 7.88. The second-order valence-electron chi connectivity index (χ2n) is 7.36. The zero-order valence-corrected chi connectivity index (χ0v) is 15.6. The maximum absolute atomic E-state index is 14.2. The van der Waals surface area contributed by atoms with Gasteiger partial charge in [-0.3, -0.25) is 14.5 Å². The number of carbonyl (C=O) groups excluding carboxylic acids is 2. The van der Waals surface area contributed by atoms with E-state index in [1.165, 1.54) is 12.5 Å². The molecule has 5 nitrogen and oxygen atoms in total. The van der Waals surface area contributed by atoms with Crippen LogP contribution in [0.2, 0.25) is 0 Å². The third kappa shape index (κ3) is 6.42. The number of allylic oxidation sites excluding steroid dienone is 1. The van der Waals surface area contributed by atoms with Crippen LogP contribution in [-0.4, -0.2) is 60.4 Å². The van der Waals surface area contributed by atoms with Crippen molar-refractivity contribution in [3.05, 3.63) is 11.9 Å². The fraction of sp³-hybridized carbons (Fsp3) is 0.789. The van der Waals surface area contributed by atoms with Crippen LogP contribution in [0.25, 0.3) is 0 Å². The number of piperazine rings is 1. The Balaban J connectivity index is 1.76. The monoisotopic (exact) mass is 353 g/mol. The van der Waals surface area contributed by atoms with Crippen molar-refractivity contribution in [2.75, 3.05) is 32.7 Å². The predicted molar refractivity (Wildman–Crippen MR) is 96.7 cm³/mol. The van der Waals surface area contributed by atoms with Gasteiger partial charge in [0.2, 0.25) is 5.91 Å². The topological polar surface area (TPSA) is 52.7 Å². The normalized spacial score (nSPS) is 21.9. The lowest BCUT2D eigenvalue weighted by Crippen LogP contribution is -2.51. The number of carbonyl (C=O) groups is 2. The average Bonchev–Trinajstić information content (AvgIpc) is 2.62. The first-order chi connectivity index (χ1) is 12.0. The van der Waals surface area contributed by atoms with Crippen LogP contribution in [0.15, 0.2) is 11.9 Å². The summed E-state index contributed by atoms with van der Waals surface area (Å²) in [5.74, 6) is -0.870. The van der Waals surface area contributed by atoms with Gasteiger partial charge in [-0.2, -0.15) is 0 Å². The molecule has 0 aromatic carbocycles. The molecule has 1 saturated carbocycles. The predicted octanol–water partition coefficient (Wildman–Crippen LogP) is 2.48. The highest BCUT2D eigenvalue weighted by Gasteiger charge is 2.25. The fourth-order valence-corrected chi connectivity index (χ4v) is 3.46. The quantitative estimate of drug-likeness (QED) is 0.747. The molecule has 0 spiro atoms. The number of nitrogens with zero attached hydrogens (tertiary/aromatic N) is 2. The third-order valence-electron chi connectivity index (χ3n) is 5.28. The zero-order valence-electron chi connectivity index (χ0n) is 15.6. The number of amides is 2. The van der Waals surface area contributed by atoms with Crippen LogP contribution >= 0.6 is 0 Å². The van der Waals surface area contributed by atoms with E-state index in [2.05, 4.69) is 5.32 Å². The van der Waals surface area contributed by atoms with Crippen molar-refractivity contribution in [3.8, 4) is 0 Å². The molecule has 0 radical (unpaired) electrons. The van der Waals surface area contributed by atoms with Gasteiger partial charge in [-0.25, -0.2) is 4.39 Å². The molecular weight excluding hydrogens is 321 g/mol. The molecule has 2 rings (SSSR count). The highest BCUT2D eigenvalue weighted by Crippen LogP contribution is 2.26. The van der Waals surface area contributed by atoms with Gasteiger partial charge in [0.25, 0.3) is 5.91 Å². The van der Waals surface area contributed by atoms with Crippen LogP contribution in [0.1, 0.15) is 52.4 Å². The standard InChI is InChI=1S/C19H32FN3O2/c1-3-15(2)21-18(24)14-22-9-11-23(12-10-22)19(25)17(20)13-16-7-5-4-6-8-16/h13,15-16H,3-12,14H2,1-2H3,(H,21,24). The highest BCUT2D eigenvalue weighted by atomic mass is 19.1. The van der Waals surface area contributed by atoms with Crippen molar-refractivity contribution in [1.29, 1.82) is 0 Å². The van der Waals surface area contributed by atoms with E-state index in [1.807, 2.05) is 18.7 Å². The molecule has 142 valence electrons. The van der Waals surface area contributed by atoms with Crippen molar-refractivity contribution in [2.24, 2.45) is 5.92 Å². The molecule has 0 aromatic rings. The van der Waals surface area contributed by atoms with Gasteiger partial charge in [-0.05, 0) is 38.2 Å². The van der Waals surface area contributed by atoms with Gasteiger partial charge in [-0.15, -0.1) is 0 Å². The maximum Gasteiger partial charge on any atom is 0.282 e. The van der Waals surface area contributed by atoms with Crippen LogP contribution in [0.5, 0.6) is 0 Å². The lowest BCUT2D eigenvalue weighted by atomic mass is 9.89. The molecule has 2 amide bonds. The van der Waals surface area contributed by atoms with E-state index in [9.17, 15) is 14.0 Å². The van der Waals surface area contributed by atoms with Crippen LogP contribution in [0.4, 0.5) is 4.39 Å². The fourth-order valence-electron chi connectivity index (χ4n) is 3.46. The molecule has 25 heavy (non-hydrogen) atoms. The number of hydrogen-bond acceptors (Lipinski definition) is 3. The Bertz CT molecular complexity index is 481. The number of nitrogens with one attached hydrogen (secondary N) is 1. The number of rotatable bonds is 6.